The third kappa shape index (κ3) is 2.62. The van der Waals surface area contributed by atoms with Crippen LogP contribution in [0.25, 0.3) is 0 Å². The van der Waals surface area contributed by atoms with Gasteiger partial charge in [0.2, 0.25) is 11.8 Å². The Kier molecular flexibility index (Phi) is 3.34. The first kappa shape index (κ1) is 13.6. The van der Waals surface area contributed by atoms with Crippen molar-refractivity contribution in [3.05, 3.63) is 35.4 Å². The Morgan fingerprint density at radius 2 is 1.84 bits per heavy atom. The SMILES string of the molecule is CC1C(=O)NC(=O)CC1c1ccccc1C(F)(F)F. The van der Waals surface area contributed by atoms with Crippen LogP contribution in [0.1, 0.15) is 30.4 Å². The van der Waals surface area contributed by atoms with E-state index >= 15 is 0 Å². The van der Waals surface area contributed by atoms with Crippen LogP contribution in [0.5, 0.6) is 0 Å². The minimum absolute atomic E-state index is 0.00528. The van der Waals surface area contributed by atoms with Gasteiger partial charge in [0.25, 0.3) is 0 Å². The molecule has 0 bridgehead atoms. The average molecular weight is 271 g/mol. The molecule has 1 N–H and O–H groups in total. The van der Waals surface area contributed by atoms with Crippen LogP contribution in [0.2, 0.25) is 0 Å². The molecule has 1 saturated heterocycles. The van der Waals surface area contributed by atoms with E-state index in [9.17, 15) is 22.8 Å². The lowest BCUT2D eigenvalue weighted by atomic mass is 9.79. The summed E-state index contributed by atoms with van der Waals surface area (Å²) in [5, 5.41) is 2.13. The van der Waals surface area contributed by atoms with Crippen LogP contribution in [-0.2, 0) is 15.8 Å². The summed E-state index contributed by atoms with van der Waals surface area (Å²) in [6.07, 6.45) is -4.60. The molecule has 19 heavy (non-hydrogen) atoms. The average Bonchev–Trinajstić information content (AvgIpc) is 2.33. The molecule has 3 nitrogen and oxygen atoms in total. The van der Waals surface area contributed by atoms with E-state index in [-0.39, 0.29) is 12.0 Å². The van der Waals surface area contributed by atoms with Gasteiger partial charge in [-0.3, -0.25) is 14.9 Å². The Bertz CT molecular complexity index is 525. The number of amides is 2. The van der Waals surface area contributed by atoms with Crippen molar-refractivity contribution >= 4 is 11.8 Å². The van der Waals surface area contributed by atoms with E-state index in [0.29, 0.717) is 0 Å². The summed E-state index contributed by atoms with van der Waals surface area (Å²) in [6.45, 7) is 1.53. The zero-order valence-electron chi connectivity index (χ0n) is 10.1. The summed E-state index contributed by atoms with van der Waals surface area (Å²) in [4.78, 5) is 22.9. The monoisotopic (exact) mass is 271 g/mol. The van der Waals surface area contributed by atoms with E-state index in [1.54, 1.807) is 0 Å². The van der Waals surface area contributed by atoms with Gasteiger partial charge in [0.05, 0.1) is 5.56 Å². The summed E-state index contributed by atoms with van der Waals surface area (Å²) in [7, 11) is 0. The van der Waals surface area contributed by atoms with Crippen LogP contribution >= 0.6 is 0 Å². The standard InChI is InChI=1S/C13H12F3NO2/c1-7-9(6-11(18)17-12(7)19)8-4-2-3-5-10(8)13(14,15)16/h2-5,7,9H,6H2,1H3,(H,17,18,19). The lowest BCUT2D eigenvalue weighted by molar-refractivity contribution is -0.141. The van der Waals surface area contributed by atoms with Crippen molar-refractivity contribution in [3.63, 3.8) is 0 Å². The number of carbonyl (C=O) groups excluding carboxylic acids is 2. The molecule has 0 saturated carbocycles. The molecule has 1 aliphatic rings. The molecular weight excluding hydrogens is 259 g/mol. The number of halogens is 3. The lowest BCUT2D eigenvalue weighted by Crippen LogP contribution is -2.44. The first-order chi connectivity index (χ1) is 8.80. The molecule has 1 aromatic rings. The molecule has 2 rings (SSSR count). The van der Waals surface area contributed by atoms with Crippen LogP contribution < -0.4 is 5.32 Å². The molecule has 6 heteroatoms. The number of piperidine rings is 1. The van der Waals surface area contributed by atoms with Crippen molar-refractivity contribution in [2.75, 3.05) is 0 Å². The number of carbonyl (C=O) groups is 2. The van der Waals surface area contributed by atoms with Crippen molar-refractivity contribution in [1.29, 1.82) is 0 Å². The smallest absolute Gasteiger partial charge is 0.296 e. The fraction of sp³-hybridized carbons (Fsp3) is 0.385. The molecule has 0 spiro atoms. The number of hydrogen-bond donors (Lipinski definition) is 1. The van der Waals surface area contributed by atoms with Gasteiger partial charge in [-0.25, -0.2) is 0 Å². The predicted molar refractivity (Wildman–Crippen MR) is 61.1 cm³/mol. The van der Waals surface area contributed by atoms with E-state index < -0.39 is 35.4 Å². The second kappa shape index (κ2) is 4.68. The fourth-order valence-corrected chi connectivity index (χ4v) is 2.32. The van der Waals surface area contributed by atoms with E-state index in [2.05, 4.69) is 5.32 Å². The van der Waals surface area contributed by atoms with Gasteiger partial charge < -0.3 is 0 Å². The third-order valence-corrected chi connectivity index (χ3v) is 3.35. The van der Waals surface area contributed by atoms with Gasteiger partial charge in [0, 0.05) is 18.3 Å². The molecule has 2 amide bonds. The molecular formula is C13H12F3NO2. The molecule has 0 aromatic heterocycles. The summed E-state index contributed by atoms with van der Waals surface area (Å²) in [5.41, 5.74) is -0.778. The topological polar surface area (TPSA) is 46.2 Å². The third-order valence-electron chi connectivity index (χ3n) is 3.35. The van der Waals surface area contributed by atoms with Crippen LogP contribution in [-0.4, -0.2) is 11.8 Å². The lowest BCUT2D eigenvalue weighted by Gasteiger charge is -2.29. The second-order valence-electron chi connectivity index (χ2n) is 4.60. The zero-order valence-corrected chi connectivity index (χ0v) is 10.1. The predicted octanol–water partition coefficient (Wildman–Crippen LogP) is 2.47. The molecule has 1 fully saturated rings. The largest absolute Gasteiger partial charge is 0.416 e. The Labute approximate surface area is 107 Å². The van der Waals surface area contributed by atoms with Crippen LogP contribution in [0.4, 0.5) is 13.2 Å². The Balaban J connectivity index is 2.46. The van der Waals surface area contributed by atoms with Gasteiger partial charge in [-0.15, -0.1) is 0 Å². The number of benzene rings is 1. The highest BCUT2D eigenvalue weighted by Gasteiger charge is 2.40. The summed E-state index contributed by atoms with van der Waals surface area (Å²) in [5.74, 6) is -2.47. The minimum atomic E-state index is -4.49. The van der Waals surface area contributed by atoms with Gasteiger partial charge in [-0.2, -0.15) is 13.2 Å². The quantitative estimate of drug-likeness (QED) is 0.797. The van der Waals surface area contributed by atoms with Crippen molar-refractivity contribution in [2.24, 2.45) is 5.92 Å². The van der Waals surface area contributed by atoms with Gasteiger partial charge in [-0.05, 0) is 11.6 Å². The highest BCUT2D eigenvalue weighted by Crippen LogP contribution is 2.39. The first-order valence-electron chi connectivity index (χ1n) is 5.80. The number of nitrogens with one attached hydrogen (secondary N) is 1. The van der Waals surface area contributed by atoms with E-state index in [4.69, 9.17) is 0 Å². The maximum absolute atomic E-state index is 12.9. The van der Waals surface area contributed by atoms with Gasteiger partial charge in [0.1, 0.15) is 0 Å². The molecule has 1 heterocycles. The van der Waals surface area contributed by atoms with Gasteiger partial charge >= 0.3 is 6.18 Å². The Morgan fingerprint density at radius 3 is 2.47 bits per heavy atom. The van der Waals surface area contributed by atoms with E-state index in [1.807, 2.05) is 0 Å². The molecule has 0 aliphatic carbocycles. The van der Waals surface area contributed by atoms with Crippen molar-refractivity contribution < 1.29 is 22.8 Å². The van der Waals surface area contributed by atoms with Crippen molar-refractivity contribution in [3.8, 4) is 0 Å². The molecule has 0 radical (unpaired) electrons. The van der Waals surface area contributed by atoms with Gasteiger partial charge in [0.15, 0.2) is 0 Å². The molecule has 2 unspecified atom stereocenters. The maximum Gasteiger partial charge on any atom is 0.416 e. The van der Waals surface area contributed by atoms with Gasteiger partial charge in [-0.1, -0.05) is 25.1 Å². The summed E-state index contributed by atoms with van der Waals surface area (Å²) >= 11 is 0. The zero-order chi connectivity index (χ0) is 14.2. The second-order valence-corrected chi connectivity index (χ2v) is 4.60. The highest BCUT2D eigenvalue weighted by atomic mass is 19.4. The van der Waals surface area contributed by atoms with E-state index in [0.717, 1.165) is 6.07 Å². The molecule has 2 atom stereocenters. The molecule has 102 valence electrons. The fourth-order valence-electron chi connectivity index (χ4n) is 2.32. The van der Waals surface area contributed by atoms with Crippen LogP contribution in [0, 0.1) is 5.92 Å². The Hall–Kier alpha value is -1.85. The summed E-state index contributed by atoms with van der Waals surface area (Å²) in [6, 6.07) is 5.07. The Morgan fingerprint density at radius 1 is 1.21 bits per heavy atom. The minimum Gasteiger partial charge on any atom is -0.296 e. The van der Waals surface area contributed by atoms with Crippen LogP contribution in [0.3, 0.4) is 0 Å². The number of rotatable bonds is 1. The normalized spacial score (nSPS) is 24.2. The number of hydrogen-bond acceptors (Lipinski definition) is 2. The number of imide groups is 1. The van der Waals surface area contributed by atoms with Crippen molar-refractivity contribution in [2.45, 2.75) is 25.4 Å². The van der Waals surface area contributed by atoms with Crippen LogP contribution in [0.15, 0.2) is 24.3 Å². The van der Waals surface area contributed by atoms with E-state index in [1.165, 1.54) is 25.1 Å². The summed E-state index contributed by atoms with van der Waals surface area (Å²) < 4.78 is 38.8. The van der Waals surface area contributed by atoms with Crippen molar-refractivity contribution in [1.82, 2.24) is 5.32 Å². The molecule has 1 aromatic carbocycles. The number of alkyl halides is 3. The maximum atomic E-state index is 12.9. The molecule has 1 aliphatic heterocycles. The highest BCUT2D eigenvalue weighted by molar-refractivity contribution is 5.99. The first-order valence-corrected chi connectivity index (χ1v) is 5.80.